The SMILES string of the molecule is COc1cccc2c1C(=O)c1c(O)c3c(c(O)c1C2=O)CC(C(=O)NC1CCC(N)C1)CC3. The van der Waals surface area contributed by atoms with Gasteiger partial charge in [0.1, 0.15) is 17.2 Å². The standard InChI is InChI=1S/C25H26N2O6/c1-33-17-4-2-3-15-18(17)24(31)20-19(22(15)29)23(30)16-9-11(5-8-14(16)21(20)28)25(32)27-13-7-6-12(26)10-13/h2-4,11-13,28,30H,5-10,26H2,1H3,(H,27,32). The maximum Gasteiger partial charge on any atom is 0.223 e. The fourth-order valence-electron chi connectivity index (χ4n) is 5.50. The highest BCUT2D eigenvalue weighted by atomic mass is 16.5. The number of ether oxygens (including phenoxy) is 1. The molecule has 8 nitrogen and oxygen atoms in total. The predicted molar refractivity (Wildman–Crippen MR) is 119 cm³/mol. The summed E-state index contributed by atoms with van der Waals surface area (Å²) >= 11 is 0. The van der Waals surface area contributed by atoms with Crippen molar-refractivity contribution in [3.8, 4) is 17.2 Å². The van der Waals surface area contributed by atoms with Gasteiger partial charge in [0.2, 0.25) is 11.7 Å². The molecule has 3 aliphatic carbocycles. The predicted octanol–water partition coefficient (Wildman–Crippen LogP) is 1.98. The van der Waals surface area contributed by atoms with Gasteiger partial charge in [-0.15, -0.1) is 0 Å². The number of phenolic OH excluding ortho intramolecular Hbond substituents is 2. The number of nitrogens with one attached hydrogen (secondary N) is 1. The van der Waals surface area contributed by atoms with Gasteiger partial charge in [-0.25, -0.2) is 0 Å². The minimum atomic E-state index is -0.565. The summed E-state index contributed by atoms with van der Waals surface area (Å²) < 4.78 is 5.26. The van der Waals surface area contributed by atoms with E-state index in [0.717, 1.165) is 19.3 Å². The fourth-order valence-corrected chi connectivity index (χ4v) is 5.50. The van der Waals surface area contributed by atoms with Gasteiger partial charge >= 0.3 is 0 Å². The van der Waals surface area contributed by atoms with E-state index in [-0.39, 0.29) is 63.9 Å². The highest BCUT2D eigenvalue weighted by Crippen LogP contribution is 2.47. The molecule has 1 fully saturated rings. The molecule has 3 unspecified atom stereocenters. The number of amides is 1. The van der Waals surface area contributed by atoms with Gasteiger partial charge in [-0.2, -0.15) is 0 Å². The normalized spacial score (nSPS) is 23.5. The van der Waals surface area contributed by atoms with Crippen LogP contribution in [-0.2, 0) is 17.6 Å². The van der Waals surface area contributed by atoms with Crippen molar-refractivity contribution in [1.29, 1.82) is 0 Å². The zero-order chi connectivity index (χ0) is 23.4. The van der Waals surface area contributed by atoms with E-state index < -0.39 is 17.5 Å². The van der Waals surface area contributed by atoms with Crippen LogP contribution in [0.25, 0.3) is 0 Å². The molecule has 2 aromatic carbocycles. The lowest BCUT2D eigenvalue weighted by Crippen LogP contribution is -2.40. The number of carbonyl (C=O) groups is 3. The third-order valence-corrected chi connectivity index (χ3v) is 7.22. The van der Waals surface area contributed by atoms with E-state index in [1.54, 1.807) is 12.1 Å². The molecule has 0 aromatic heterocycles. The maximum absolute atomic E-state index is 13.3. The Hall–Kier alpha value is -3.39. The number of methoxy groups -OCH3 is 1. The molecule has 0 spiro atoms. The second-order valence-corrected chi connectivity index (χ2v) is 9.16. The Bertz CT molecular complexity index is 1200. The molecule has 0 bridgehead atoms. The largest absolute Gasteiger partial charge is 0.507 e. The van der Waals surface area contributed by atoms with Crippen LogP contribution in [0, 0.1) is 5.92 Å². The summed E-state index contributed by atoms with van der Waals surface area (Å²) in [5.74, 6) is -2.03. The van der Waals surface area contributed by atoms with E-state index >= 15 is 0 Å². The first-order valence-electron chi connectivity index (χ1n) is 11.2. The number of ketones is 2. The Morgan fingerprint density at radius 3 is 2.45 bits per heavy atom. The summed E-state index contributed by atoms with van der Waals surface area (Å²) in [6, 6.07) is 4.81. The number of phenols is 2. The van der Waals surface area contributed by atoms with Gasteiger partial charge in [-0.3, -0.25) is 14.4 Å². The number of rotatable bonds is 3. The van der Waals surface area contributed by atoms with Crippen molar-refractivity contribution in [2.24, 2.45) is 11.7 Å². The van der Waals surface area contributed by atoms with Crippen molar-refractivity contribution in [1.82, 2.24) is 5.32 Å². The van der Waals surface area contributed by atoms with Crippen molar-refractivity contribution >= 4 is 17.5 Å². The average molecular weight is 450 g/mol. The first kappa shape index (κ1) is 21.5. The molecule has 33 heavy (non-hydrogen) atoms. The molecule has 3 aliphatic rings. The number of hydrogen-bond acceptors (Lipinski definition) is 7. The zero-order valence-corrected chi connectivity index (χ0v) is 18.3. The molecule has 3 atom stereocenters. The van der Waals surface area contributed by atoms with Gasteiger partial charge in [-0.1, -0.05) is 12.1 Å². The van der Waals surface area contributed by atoms with Crippen LogP contribution >= 0.6 is 0 Å². The summed E-state index contributed by atoms with van der Waals surface area (Å²) in [6.07, 6.45) is 3.42. The monoisotopic (exact) mass is 450 g/mol. The number of benzene rings is 2. The Morgan fingerprint density at radius 1 is 1.03 bits per heavy atom. The van der Waals surface area contributed by atoms with Crippen LogP contribution in [0.2, 0.25) is 0 Å². The lowest BCUT2D eigenvalue weighted by molar-refractivity contribution is -0.126. The van der Waals surface area contributed by atoms with Crippen LogP contribution in [-0.4, -0.2) is 46.9 Å². The average Bonchev–Trinajstić information content (AvgIpc) is 3.23. The van der Waals surface area contributed by atoms with Gasteiger partial charge in [0, 0.05) is 34.7 Å². The summed E-state index contributed by atoms with van der Waals surface area (Å²) in [4.78, 5) is 39.5. The van der Waals surface area contributed by atoms with Gasteiger partial charge in [-0.05, 0) is 44.6 Å². The maximum atomic E-state index is 13.3. The minimum absolute atomic E-state index is 0.0464. The molecule has 172 valence electrons. The summed E-state index contributed by atoms with van der Waals surface area (Å²) in [7, 11) is 1.40. The topological polar surface area (TPSA) is 139 Å². The van der Waals surface area contributed by atoms with E-state index in [9.17, 15) is 24.6 Å². The number of carbonyl (C=O) groups excluding carboxylic acids is 3. The fraction of sp³-hybridized carbons (Fsp3) is 0.400. The van der Waals surface area contributed by atoms with Crippen molar-refractivity contribution in [3.63, 3.8) is 0 Å². The summed E-state index contributed by atoms with van der Waals surface area (Å²) in [5, 5.41) is 25.2. The smallest absolute Gasteiger partial charge is 0.223 e. The second-order valence-electron chi connectivity index (χ2n) is 9.16. The molecular formula is C25H26N2O6. The van der Waals surface area contributed by atoms with Crippen LogP contribution in [0.4, 0.5) is 0 Å². The minimum Gasteiger partial charge on any atom is -0.507 e. The first-order valence-corrected chi connectivity index (χ1v) is 11.2. The molecule has 0 heterocycles. The molecule has 2 aromatic rings. The zero-order valence-electron chi connectivity index (χ0n) is 18.3. The number of hydrogen-bond donors (Lipinski definition) is 4. The summed E-state index contributed by atoms with van der Waals surface area (Å²) in [5.41, 5.74) is 6.50. The Morgan fingerprint density at radius 2 is 1.76 bits per heavy atom. The van der Waals surface area contributed by atoms with E-state index in [4.69, 9.17) is 10.5 Å². The molecule has 5 N–H and O–H groups in total. The molecule has 0 aliphatic heterocycles. The van der Waals surface area contributed by atoms with Gasteiger partial charge < -0.3 is 26.0 Å². The van der Waals surface area contributed by atoms with Gasteiger partial charge in [0.05, 0.1) is 23.8 Å². The van der Waals surface area contributed by atoms with Crippen molar-refractivity contribution in [2.75, 3.05) is 7.11 Å². The van der Waals surface area contributed by atoms with Crippen LogP contribution < -0.4 is 15.8 Å². The quantitative estimate of drug-likeness (QED) is 0.448. The molecule has 0 saturated heterocycles. The number of aromatic hydroxyl groups is 2. The lowest BCUT2D eigenvalue weighted by atomic mass is 9.75. The van der Waals surface area contributed by atoms with Crippen LogP contribution in [0.1, 0.15) is 68.7 Å². The lowest BCUT2D eigenvalue weighted by Gasteiger charge is -2.30. The van der Waals surface area contributed by atoms with Crippen molar-refractivity contribution in [3.05, 3.63) is 51.6 Å². The van der Waals surface area contributed by atoms with Gasteiger partial charge in [0.25, 0.3) is 0 Å². The highest BCUT2D eigenvalue weighted by Gasteiger charge is 2.41. The van der Waals surface area contributed by atoms with Crippen molar-refractivity contribution < 1.29 is 29.3 Å². The third-order valence-electron chi connectivity index (χ3n) is 7.22. The number of nitrogens with two attached hydrogens (primary N) is 1. The third kappa shape index (κ3) is 3.28. The van der Waals surface area contributed by atoms with E-state index in [0.29, 0.717) is 24.0 Å². The van der Waals surface area contributed by atoms with Crippen molar-refractivity contribution in [2.45, 2.75) is 50.6 Å². The van der Waals surface area contributed by atoms with Crippen LogP contribution in [0.15, 0.2) is 18.2 Å². The molecule has 5 rings (SSSR count). The number of fused-ring (bicyclic) bond motifs is 3. The second kappa shape index (κ2) is 7.88. The Balaban J connectivity index is 1.52. The molecular weight excluding hydrogens is 424 g/mol. The van der Waals surface area contributed by atoms with E-state index in [1.807, 2.05) is 0 Å². The van der Waals surface area contributed by atoms with Crippen LogP contribution in [0.3, 0.4) is 0 Å². The molecule has 1 amide bonds. The van der Waals surface area contributed by atoms with Gasteiger partial charge in [0.15, 0.2) is 5.78 Å². The first-order chi connectivity index (χ1) is 15.8. The highest BCUT2D eigenvalue weighted by molar-refractivity contribution is 6.31. The summed E-state index contributed by atoms with van der Waals surface area (Å²) in [6.45, 7) is 0. The van der Waals surface area contributed by atoms with Crippen LogP contribution in [0.5, 0.6) is 17.2 Å². The molecule has 8 heteroatoms. The molecule has 1 saturated carbocycles. The van der Waals surface area contributed by atoms with E-state index in [1.165, 1.54) is 13.2 Å². The molecule has 0 radical (unpaired) electrons. The van der Waals surface area contributed by atoms with E-state index in [2.05, 4.69) is 5.32 Å². The Labute approximate surface area is 190 Å². The Kier molecular flexibility index (Phi) is 5.12.